The van der Waals surface area contributed by atoms with Gasteiger partial charge in [-0.3, -0.25) is 4.79 Å². The van der Waals surface area contributed by atoms with Crippen LogP contribution in [0.4, 0.5) is 24.5 Å². The number of hydrogen-bond acceptors (Lipinski definition) is 4. The number of halogens is 3. The van der Waals surface area contributed by atoms with Crippen molar-refractivity contribution >= 4 is 17.3 Å². The molecule has 1 amide bonds. The first-order valence-corrected chi connectivity index (χ1v) is 11.6. The molecule has 4 rings (SSSR count). The monoisotopic (exact) mass is 484 g/mol. The number of para-hydroxylation sites is 1. The number of alkyl halides is 3. The Balaban J connectivity index is 1.44. The quantitative estimate of drug-likeness (QED) is 0.397. The highest BCUT2D eigenvalue weighted by molar-refractivity contribution is 5.97. The van der Waals surface area contributed by atoms with Gasteiger partial charge in [-0.15, -0.1) is 0 Å². The molecule has 1 aliphatic heterocycles. The Morgan fingerprint density at radius 1 is 0.886 bits per heavy atom. The smallest absolute Gasteiger partial charge is 0.416 e. The number of anilines is 2. The Morgan fingerprint density at radius 2 is 1.51 bits per heavy atom. The summed E-state index contributed by atoms with van der Waals surface area (Å²) < 4.78 is 51.5. The van der Waals surface area contributed by atoms with E-state index in [9.17, 15) is 18.0 Å². The molecule has 3 aromatic carbocycles. The van der Waals surface area contributed by atoms with E-state index in [1.54, 1.807) is 31.2 Å². The number of rotatable bonds is 7. The van der Waals surface area contributed by atoms with Gasteiger partial charge in [-0.25, -0.2) is 0 Å². The van der Waals surface area contributed by atoms with Gasteiger partial charge in [-0.2, -0.15) is 13.2 Å². The van der Waals surface area contributed by atoms with Gasteiger partial charge < -0.3 is 19.7 Å². The number of piperidine rings is 1. The lowest BCUT2D eigenvalue weighted by Gasteiger charge is -2.31. The van der Waals surface area contributed by atoms with Crippen LogP contribution in [0.2, 0.25) is 0 Å². The summed E-state index contributed by atoms with van der Waals surface area (Å²) in [5.41, 5.74) is -0.0921. The van der Waals surface area contributed by atoms with E-state index in [1.807, 2.05) is 35.2 Å². The predicted molar refractivity (Wildman–Crippen MR) is 129 cm³/mol. The van der Waals surface area contributed by atoms with Gasteiger partial charge in [-0.05, 0) is 80.8 Å². The second-order valence-electron chi connectivity index (χ2n) is 8.41. The third kappa shape index (κ3) is 6.47. The second kappa shape index (κ2) is 10.7. The first-order valence-electron chi connectivity index (χ1n) is 11.6. The van der Waals surface area contributed by atoms with Crippen molar-refractivity contribution in [1.29, 1.82) is 0 Å². The fraction of sp³-hybridized carbons (Fsp3) is 0.296. The molecule has 0 saturated carbocycles. The molecule has 0 aromatic heterocycles. The van der Waals surface area contributed by atoms with Crippen LogP contribution in [0, 0.1) is 0 Å². The Labute approximate surface area is 202 Å². The van der Waals surface area contributed by atoms with Crippen LogP contribution in [0.15, 0.2) is 72.8 Å². The van der Waals surface area contributed by atoms with Gasteiger partial charge in [0.1, 0.15) is 17.2 Å². The third-order valence-electron chi connectivity index (χ3n) is 5.76. The largest absolute Gasteiger partial charge is 0.481 e. The highest BCUT2D eigenvalue weighted by Gasteiger charge is 2.32. The van der Waals surface area contributed by atoms with Gasteiger partial charge in [0.05, 0.1) is 16.9 Å². The van der Waals surface area contributed by atoms with Crippen LogP contribution >= 0.6 is 0 Å². The van der Waals surface area contributed by atoms with Crippen molar-refractivity contribution in [1.82, 2.24) is 0 Å². The fourth-order valence-corrected chi connectivity index (χ4v) is 3.93. The van der Waals surface area contributed by atoms with Gasteiger partial charge in [-0.1, -0.05) is 18.2 Å². The maximum Gasteiger partial charge on any atom is 0.416 e. The molecule has 1 saturated heterocycles. The molecule has 1 unspecified atom stereocenters. The summed E-state index contributed by atoms with van der Waals surface area (Å²) in [4.78, 5) is 14.9. The van der Waals surface area contributed by atoms with E-state index < -0.39 is 23.8 Å². The lowest BCUT2D eigenvalue weighted by atomic mass is 10.1. The zero-order valence-electron chi connectivity index (χ0n) is 19.3. The van der Waals surface area contributed by atoms with Crippen LogP contribution in [-0.4, -0.2) is 25.1 Å². The van der Waals surface area contributed by atoms with Crippen LogP contribution in [0.1, 0.15) is 31.7 Å². The maximum absolute atomic E-state index is 13.3. The third-order valence-corrected chi connectivity index (χ3v) is 5.76. The summed E-state index contributed by atoms with van der Waals surface area (Å²) >= 11 is 0. The first-order chi connectivity index (χ1) is 16.8. The van der Waals surface area contributed by atoms with Crippen LogP contribution < -0.4 is 19.7 Å². The van der Waals surface area contributed by atoms with Crippen LogP contribution in [0.5, 0.6) is 17.2 Å². The zero-order chi connectivity index (χ0) is 24.8. The van der Waals surface area contributed by atoms with Gasteiger partial charge in [0, 0.05) is 13.1 Å². The molecule has 1 N–H and O–H groups in total. The summed E-state index contributed by atoms with van der Waals surface area (Å²) in [6.45, 7) is 3.02. The minimum Gasteiger partial charge on any atom is -0.481 e. The van der Waals surface area contributed by atoms with E-state index in [-0.39, 0.29) is 5.69 Å². The average molecular weight is 485 g/mol. The number of benzene rings is 3. The molecule has 184 valence electrons. The standard InChI is InChI=1S/C27H27F3N2O3/c1-19(34-22-11-13-23(14-12-22)35-21-8-4-2-5-9-21)26(33)31-24-18-20(27(28,29)30)10-15-25(24)32-16-6-3-7-17-32/h2,4-5,8-15,18-19H,3,6-7,16-17H2,1H3,(H,31,33). The van der Waals surface area contributed by atoms with E-state index in [2.05, 4.69) is 5.32 Å². The first kappa shape index (κ1) is 24.4. The van der Waals surface area contributed by atoms with Crippen molar-refractivity contribution in [3.05, 3.63) is 78.4 Å². The number of carbonyl (C=O) groups excluding carboxylic acids is 1. The van der Waals surface area contributed by atoms with Crippen molar-refractivity contribution < 1.29 is 27.4 Å². The SMILES string of the molecule is CC(Oc1ccc(Oc2ccccc2)cc1)C(=O)Nc1cc(C(F)(F)F)ccc1N1CCCCC1. The normalized spacial score (nSPS) is 14.8. The topological polar surface area (TPSA) is 50.8 Å². The molecular formula is C27H27F3N2O3. The molecule has 0 radical (unpaired) electrons. The van der Waals surface area contributed by atoms with E-state index in [1.165, 1.54) is 6.07 Å². The molecule has 8 heteroatoms. The molecule has 1 fully saturated rings. The number of carbonyl (C=O) groups is 1. The van der Waals surface area contributed by atoms with E-state index in [0.29, 0.717) is 22.9 Å². The highest BCUT2D eigenvalue weighted by atomic mass is 19.4. The summed E-state index contributed by atoms with van der Waals surface area (Å²) in [6.07, 6.45) is -2.44. The molecule has 3 aromatic rings. The fourth-order valence-electron chi connectivity index (χ4n) is 3.93. The van der Waals surface area contributed by atoms with Crippen LogP contribution in [0.3, 0.4) is 0 Å². The molecule has 1 atom stereocenters. The molecule has 35 heavy (non-hydrogen) atoms. The number of hydrogen-bond donors (Lipinski definition) is 1. The van der Waals surface area contributed by atoms with Gasteiger partial charge >= 0.3 is 6.18 Å². The molecular weight excluding hydrogens is 457 g/mol. The lowest BCUT2D eigenvalue weighted by molar-refractivity contribution is -0.137. The number of amides is 1. The minimum absolute atomic E-state index is 0.133. The summed E-state index contributed by atoms with van der Waals surface area (Å²) in [6, 6.07) is 19.6. The van der Waals surface area contributed by atoms with Crippen LogP contribution in [0.25, 0.3) is 0 Å². The van der Waals surface area contributed by atoms with Crippen molar-refractivity contribution in [3.8, 4) is 17.2 Å². The lowest BCUT2D eigenvalue weighted by Crippen LogP contribution is -2.33. The summed E-state index contributed by atoms with van der Waals surface area (Å²) in [5.74, 6) is 1.20. The van der Waals surface area contributed by atoms with Gasteiger partial charge in [0.25, 0.3) is 5.91 Å². The van der Waals surface area contributed by atoms with E-state index in [4.69, 9.17) is 9.47 Å². The van der Waals surface area contributed by atoms with Gasteiger partial charge in [0.2, 0.25) is 0 Å². The Kier molecular flexibility index (Phi) is 7.48. The van der Waals surface area contributed by atoms with Crippen molar-refractivity contribution in [2.45, 2.75) is 38.5 Å². The Bertz CT molecular complexity index is 1130. The number of ether oxygens (including phenoxy) is 2. The van der Waals surface area contributed by atoms with Crippen molar-refractivity contribution in [2.75, 3.05) is 23.3 Å². The zero-order valence-corrected chi connectivity index (χ0v) is 19.3. The van der Waals surface area contributed by atoms with Crippen molar-refractivity contribution in [2.24, 2.45) is 0 Å². The predicted octanol–water partition coefficient (Wildman–Crippen LogP) is 6.89. The van der Waals surface area contributed by atoms with Gasteiger partial charge in [0.15, 0.2) is 6.10 Å². The minimum atomic E-state index is -4.51. The highest BCUT2D eigenvalue weighted by Crippen LogP contribution is 2.36. The Morgan fingerprint density at radius 3 is 2.17 bits per heavy atom. The number of nitrogens with zero attached hydrogens (tertiary/aromatic N) is 1. The molecule has 0 bridgehead atoms. The summed E-state index contributed by atoms with van der Waals surface area (Å²) in [7, 11) is 0. The van der Waals surface area contributed by atoms with Crippen LogP contribution in [-0.2, 0) is 11.0 Å². The second-order valence-corrected chi connectivity index (χ2v) is 8.41. The van der Waals surface area contributed by atoms with E-state index >= 15 is 0 Å². The molecule has 1 heterocycles. The molecule has 0 aliphatic carbocycles. The maximum atomic E-state index is 13.3. The summed E-state index contributed by atoms with van der Waals surface area (Å²) in [5, 5.41) is 2.65. The molecule has 0 spiro atoms. The Hall–Kier alpha value is -3.68. The van der Waals surface area contributed by atoms with E-state index in [0.717, 1.165) is 44.5 Å². The molecule has 5 nitrogen and oxygen atoms in total. The average Bonchev–Trinajstić information content (AvgIpc) is 2.86. The molecule has 1 aliphatic rings. The van der Waals surface area contributed by atoms with Crippen molar-refractivity contribution in [3.63, 3.8) is 0 Å². The number of nitrogens with one attached hydrogen (secondary N) is 1.